The molecule has 2 aliphatic heterocycles. The third-order valence-electron chi connectivity index (χ3n) is 4.90. The van der Waals surface area contributed by atoms with Gasteiger partial charge in [-0.2, -0.15) is 0 Å². The first-order valence-corrected chi connectivity index (χ1v) is 6.56. The summed E-state index contributed by atoms with van der Waals surface area (Å²) in [5, 5.41) is 0. The average molecular weight is 236 g/mol. The number of rotatable bonds is 1. The van der Waals surface area contributed by atoms with Gasteiger partial charge in [0.1, 0.15) is 0 Å². The van der Waals surface area contributed by atoms with E-state index in [4.69, 9.17) is 9.47 Å². The molecule has 3 aliphatic rings. The van der Waals surface area contributed by atoms with Gasteiger partial charge in [-0.15, -0.1) is 0 Å². The molecule has 3 heteroatoms. The Labute approximate surface area is 102 Å². The maximum atomic E-state index is 11.9. The highest BCUT2D eigenvalue weighted by Crippen LogP contribution is 2.55. The lowest BCUT2D eigenvalue weighted by Crippen LogP contribution is -2.37. The van der Waals surface area contributed by atoms with E-state index in [0.29, 0.717) is 0 Å². The van der Waals surface area contributed by atoms with Crippen molar-refractivity contribution in [3.05, 3.63) is 12.2 Å². The molecule has 0 spiro atoms. The Balaban J connectivity index is 1.80. The largest absolute Gasteiger partial charge is 0.350 e. The number of ketones is 1. The van der Waals surface area contributed by atoms with Gasteiger partial charge in [-0.25, -0.2) is 0 Å². The second-order valence-corrected chi connectivity index (χ2v) is 5.95. The first-order valence-electron chi connectivity index (χ1n) is 6.56. The molecule has 0 N–H and O–H groups in total. The zero-order chi connectivity index (χ0) is 12.1. The molecule has 2 heterocycles. The molecule has 3 nitrogen and oxygen atoms in total. The Morgan fingerprint density at radius 3 is 2.94 bits per heavy atom. The fraction of sp³-hybridized carbons (Fsp3) is 0.786. The second-order valence-electron chi connectivity index (χ2n) is 5.95. The van der Waals surface area contributed by atoms with Crippen molar-refractivity contribution in [2.75, 3.05) is 6.61 Å². The van der Waals surface area contributed by atoms with E-state index in [1.54, 1.807) is 6.08 Å². The minimum Gasteiger partial charge on any atom is -0.350 e. The summed E-state index contributed by atoms with van der Waals surface area (Å²) in [6, 6.07) is 0. The standard InChI is InChI=1S/C14H20O3/c1-13-7-8-16-14(13,2)17-12(9-13)10-5-3-4-6-11(10)15/h4,6,10,12H,3,5,7-9H2,1-2H3/t10-,12+,13-,14-/m1/s1. The third kappa shape index (κ3) is 1.59. The number of hydrogen-bond acceptors (Lipinski definition) is 3. The minimum absolute atomic E-state index is 0.0442. The van der Waals surface area contributed by atoms with Crippen LogP contribution in [0.1, 0.15) is 39.5 Å². The summed E-state index contributed by atoms with van der Waals surface area (Å²) in [6.07, 6.45) is 7.63. The SMILES string of the molecule is C[C@]12CCO[C@]1(C)O[C@H]([C@@H]1CCC=CC1=O)C2. The zero-order valence-electron chi connectivity index (χ0n) is 10.6. The van der Waals surface area contributed by atoms with Crippen LogP contribution in [-0.2, 0) is 14.3 Å². The molecule has 0 amide bonds. The predicted molar refractivity (Wildman–Crippen MR) is 63.4 cm³/mol. The quantitative estimate of drug-likeness (QED) is 0.701. The van der Waals surface area contributed by atoms with Gasteiger partial charge < -0.3 is 9.47 Å². The molecule has 0 unspecified atom stereocenters. The van der Waals surface area contributed by atoms with Gasteiger partial charge in [0.2, 0.25) is 0 Å². The summed E-state index contributed by atoms with van der Waals surface area (Å²) in [6.45, 7) is 5.03. The van der Waals surface area contributed by atoms with Gasteiger partial charge in [-0.05, 0) is 38.7 Å². The number of fused-ring (bicyclic) bond motifs is 1. The Morgan fingerprint density at radius 1 is 1.41 bits per heavy atom. The van der Waals surface area contributed by atoms with Crippen molar-refractivity contribution in [2.45, 2.75) is 51.4 Å². The van der Waals surface area contributed by atoms with E-state index < -0.39 is 5.79 Å². The van der Waals surface area contributed by atoms with Crippen LogP contribution in [0.4, 0.5) is 0 Å². The summed E-state index contributed by atoms with van der Waals surface area (Å²) in [5.74, 6) is -0.199. The van der Waals surface area contributed by atoms with Gasteiger partial charge in [-0.3, -0.25) is 4.79 Å². The van der Waals surface area contributed by atoms with E-state index in [0.717, 1.165) is 32.3 Å². The lowest BCUT2D eigenvalue weighted by atomic mass is 9.76. The highest BCUT2D eigenvalue weighted by Gasteiger charge is 2.59. The molecule has 2 saturated heterocycles. The van der Waals surface area contributed by atoms with E-state index in [-0.39, 0.29) is 23.2 Å². The average Bonchev–Trinajstić information content (AvgIpc) is 2.67. The molecule has 2 fully saturated rings. The van der Waals surface area contributed by atoms with Crippen molar-refractivity contribution in [1.29, 1.82) is 0 Å². The maximum absolute atomic E-state index is 11.9. The lowest BCUT2D eigenvalue weighted by molar-refractivity contribution is -0.222. The van der Waals surface area contributed by atoms with Crippen LogP contribution in [0.2, 0.25) is 0 Å². The van der Waals surface area contributed by atoms with Crippen LogP contribution in [0, 0.1) is 11.3 Å². The third-order valence-corrected chi connectivity index (χ3v) is 4.90. The monoisotopic (exact) mass is 236 g/mol. The first-order chi connectivity index (χ1) is 8.04. The van der Waals surface area contributed by atoms with Gasteiger partial charge in [0.25, 0.3) is 0 Å². The fourth-order valence-corrected chi connectivity index (χ4v) is 3.45. The molecular formula is C14H20O3. The molecule has 1 aliphatic carbocycles. The highest BCUT2D eigenvalue weighted by atomic mass is 16.7. The first kappa shape index (κ1) is 11.4. The van der Waals surface area contributed by atoms with Gasteiger partial charge in [0.15, 0.2) is 11.6 Å². The molecular weight excluding hydrogens is 216 g/mol. The van der Waals surface area contributed by atoms with Crippen LogP contribution >= 0.6 is 0 Å². The molecule has 0 aromatic heterocycles. The van der Waals surface area contributed by atoms with Crippen molar-refractivity contribution in [3.63, 3.8) is 0 Å². The Kier molecular flexibility index (Phi) is 2.46. The van der Waals surface area contributed by atoms with Gasteiger partial charge in [0.05, 0.1) is 12.7 Å². The normalized spacial score (nSPS) is 49.6. The highest BCUT2D eigenvalue weighted by molar-refractivity contribution is 5.92. The topological polar surface area (TPSA) is 35.5 Å². The van der Waals surface area contributed by atoms with Crippen LogP contribution in [0.15, 0.2) is 12.2 Å². The molecule has 0 aromatic carbocycles. The summed E-state index contributed by atoms with van der Waals surface area (Å²) >= 11 is 0. The Bertz CT molecular complexity index is 358. The van der Waals surface area contributed by atoms with Crippen LogP contribution in [-0.4, -0.2) is 24.3 Å². The summed E-state index contributed by atoms with van der Waals surface area (Å²) < 4.78 is 11.9. The predicted octanol–water partition coefficient (Wildman–Crippen LogP) is 2.45. The van der Waals surface area contributed by atoms with E-state index in [9.17, 15) is 4.79 Å². The van der Waals surface area contributed by atoms with Crippen molar-refractivity contribution in [2.24, 2.45) is 11.3 Å². The molecule has 94 valence electrons. The molecule has 0 saturated carbocycles. The summed E-state index contributed by atoms with van der Waals surface area (Å²) in [5.41, 5.74) is 0.0824. The number of hydrogen-bond donors (Lipinski definition) is 0. The zero-order valence-corrected chi connectivity index (χ0v) is 10.6. The molecule has 4 atom stereocenters. The molecule has 0 aromatic rings. The van der Waals surface area contributed by atoms with E-state index in [1.807, 2.05) is 13.0 Å². The Hall–Kier alpha value is -0.670. The van der Waals surface area contributed by atoms with Gasteiger partial charge in [0, 0.05) is 11.3 Å². The molecule has 0 radical (unpaired) electrons. The number of allylic oxidation sites excluding steroid dienone is 2. The van der Waals surface area contributed by atoms with Crippen LogP contribution in [0.25, 0.3) is 0 Å². The van der Waals surface area contributed by atoms with Crippen molar-refractivity contribution >= 4 is 5.78 Å². The minimum atomic E-state index is -0.473. The second kappa shape index (κ2) is 3.66. The molecule has 3 rings (SSSR count). The number of carbonyl (C=O) groups is 1. The van der Waals surface area contributed by atoms with Crippen LogP contribution in [0.5, 0.6) is 0 Å². The lowest BCUT2D eigenvalue weighted by Gasteiger charge is -2.30. The Morgan fingerprint density at radius 2 is 2.24 bits per heavy atom. The van der Waals surface area contributed by atoms with Crippen LogP contribution < -0.4 is 0 Å². The van der Waals surface area contributed by atoms with Gasteiger partial charge in [-0.1, -0.05) is 13.0 Å². The maximum Gasteiger partial charge on any atom is 0.171 e. The number of carbonyl (C=O) groups excluding carboxylic acids is 1. The van der Waals surface area contributed by atoms with Crippen molar-refractivity contribution < 1.29 is 14.3 Å². The molecule has 17 heavy (non-hydrogen) atoms. The number of ether oxygens (including phenoxy) is 2. The van der Waals surface area contributed by atoms with Gasteiger partial charge >= 0.3 is 0 Å². The van der Waals surface area contributed by atoms with Crippen LogP contribution in [0.3, 0.4) is 0 Å². The van der Waals surface area contributed by atoms with Crippen molar-refractivity contribution in [3.8, 4) is 0 Å². The van der Waals surface area contributed by atoms with E-state index >= 15 is 0 Å². The molecule has 0 bridgehead atoms. The fourth-order valence-electron chi connectivity index (χ4n) is 3.45. The summed E-state index contributed by atoms with van der Waals surface area (Å²) in [7, 11) is 0. The van der Waals surface area contributed by atoms with E-state index in [2.05, 4.69) is 6.92 Å². The van der Waals surface area contributed by atoms with E-state index in [1.165, 1.54) is 0 Å². The summed E-state index contributed by atoms with van der Waals surface area (Å²) in [4.78, 5) is 11.9. The smallest absolute Gasteiger partial charge is 0.171 e. The van der Waals surface area contributed by atoms with Crippen molar-refractivity contribution in [1.82, 2.24) is 0 Å².